The van der Waals surface area contributed by atoms with E-state index in [2.05, 4.69) is 40.7 Å². The molecule has 0 saturated carbocycles. The van der Waals surface area contributed by atoms with E-state index in [1.54, 1.807) is 0 Å². The average Bonchev–Trinajstić information content (AvgIpc) is 2.56. The maximum atomic E-state index is 2.73. The van der Waals surface area contributed by atoms with Gasteiger partial charge in [0, 0.05) is 0 Å². The van der Waals surface area contributed by atoms with E-state index in [0.717, 1.165) is 0 Å². The molecule has 0 aliphatic carbocycles. The summed E-state index contributed by atoms with van der Waals surface area (Å²) >= 11 is -1.50. The zero-order valence-corrected chi connectivity index (χ0v) is 18.6. The molecular formula is C21H44Ge. The molecule has 0 aromatic rings. The number of hydrogen-bond donors (Lipinski definition) is 0. The summed E-state index contributed by atoms with van der Waals surface area (Å²) in [6.45, 7) is 12.0. The number of unbranched alkanes of at least 4 members (excludes halogenated alkanes) is 6. The Hall–Kier alpha value is 0.283. The first-order valence-corrected chi connectivity index (χ1v) is 16.3. The molecule has 0 aromatic carbocycles. The van der Waals surface area contributed by atoms with Crippen molar-refractivity contribution in [2.75, 3.05) is 0 Å². The first-order valence-electron chi connectivity index (χ1n) is 10.4. The van der Waals surface area contributed by atoms with E-state index >= 15 is 0 Å². The first kappa shape index (κ1) is 22.3. The molecule has 0 saturated heterocycles. The average molecular weight is 369 g/mol. The third-order valence-corrected chi connectivity index (χ3v) is 17.5. The normalized spacial score (nSPS) is 11.7. The second kappa shape index (κ2) is 14.8. The summed E-state index contributed by atoms with van der Waals surface area (Å²) in [5.74, 6) is 0. The minimum absolute atomic E-state index is 1.36. The third-order valence-electron chi connectivity index (χ3n) is 5.78. The molecule has 0 aliphatic heterocycles. The van der Waals surface area contributed by atoms with Gasteiger partial charge in [0.2, 0.25) is 0 Å². The molecule has 0 unspecified atom stereocenters. The molecule has 0 nitrogen and oxygen atoms in total. The van der Waals surface area contributed by atoms with Crippen LogP contribution in [0.4, 0.5) is 0 Å². The van der Waals surface area contributed by atoms with Crippen molar-refractivity contribution >= 4 is 13.3 Å². The molecule has 0 rings (SSSR count). The van der Waals surface area contributed by atoms with Crippen LogP contribution in [-0.4, -0.2) is 13.3 Å². The molecule has 0 bridgehead atoms. The van der Waals surface area contributed by atoms with Gasteiger partial charge in [-0.25, -0.2) is 0 Å². The fourth-order valence-corrected chi connectivity index (χ4v) is 9.91. The quantitative estimate of drug-likeness (QED) is 0.155. The number of hydrogen-bond acceptors (Lipinski definition) is 0. The van der Waals surface area contributed by atoms with Gasteiger partial charge in [0.15, 0.2) is 0 Å². The number of rotatable bonds is 15. The van der Waals surface area contributed by atoms with Gasteiger partial charge in [0.25, 0.3) is 0 Å². The van der Waals surface area contributed by atoms with Crippen LogP contribution >= 0.6 is 0 Å². The van der Waals surface area contributed by atoms with Crippen molar-refractivity contribution in [1.29, 1.82) is 0 Å². The summed E-state index contributed by atoms with van der Waals surface area (Å²) in [5, 5.41) is 6.05. The summed E-state index contributed by atoms with van der Waals surface area (Å²) in [4.78, 5) is 0. The zero-order chi connectivity index (χ0) is 16.7. The van der Waals surface area contributed by atoms with Crippen LogP contribution in [0, 0.1) is 0 Å². The molecule has 132 valence electrons. The van der Waals surface area contributed by atoms with E-state index in [-0.39, 0.29) is 0 Å². The SMILES string of the molecule is CCCCCCC(=C[CH2][Ge]([CH2]C)([CH2]C)[CH2]C)CCCCCC. The van der Waals surface area contributed by atoms with Crippen molar-refractivity contribution < 1.29 is 0 Å². The van der Waals surface area contributed by atoms with Crippen molar-refractivity contribution in [3.63, 3.8) is 0 Å². The van der Waals surface area contributed by atoms with Gasteiger partial charge in [-0.1, -0.05) is 0 Å². The molecule has 0 aliphatic rings. The van der Waals surface area contributed by atoms with Gasteiger partial charge < -0.3 is 0 Å². The van der Waals surface area contributed by atoms with E-state index in [4.69, 9.17) is 0 Å². The molecule has 0 atom stereocenters. The second-order valence-electron chi connectivity index (χ2n) is 7.25. The monoisotopic (exact) mass is 370 g/mol. The van der Waals surface area contributed by atoms with Crippen molar-refractivity contribution in [1.82, 2.24) is 0 Å². The Morgan fingerprint density at radius 2 is 1.09 bits per heavy atom. The van der Waals surface area contributed by atoms with Crippen LogP contribution in [0.3, 0.4) is 0 Å². The molecule has 1 heteroatoms. The summed E-state index contributed by atoms with van der Waals surface area (Å²) in [5.41, 5.74) is 1.82. The minimum atomic E-state index is -1.50. The topological polar surface area (TPSA) is 0 Å². The fraction of sp³-hybridized carbons (Fsp3) is 0.905. The van der Waals surface area contributed by atoms with Crippen LogP contribution in [0.25, 0.3) is 0 Å². The Kier molecular flexibility index (Phi) is 15.0. The molecule has 22 heavy (non-hydrogen) atoms. The van der Waals surface area contributed by atoms with Crippen LogP contribution in [0.1, 0.15) is 98.8 Å². The van der Waals surface area contributed by atoms with E-state index in [1.165, 1.54) is 85.2 Å². The Morgan fingerprint density at radius 3 is 1.45 bits per heavy atom. The van der Waals surface area contributed by atoms with Crippen LogP contribution in [-0.2, 0) is 0 Å². The van der Waals surface area contributed by atoms with Crippen molar-refractivity contribution in [2.45, 2.75) is 120 Å². The van der Waals surface area contributed by atoms with Crippen LogP contribution < -0.4 is 0 Å². The van der Waals surface area contributed by atoms with E-state index in [0.29, 0.717) is 0 Å². The van der Waals surface area contributed by atoms with E-state index in [9.17, 15) is 0 Å². The van der Waals surface area contributed by atoms with Crippen molar-refractivity contribution in [2.24, 2.45) is 0 Å². The van der Waals surface area contributed by atoms with Crippen LogP contribution in [0.15, 0.2) is 11.6 Å². The van der Waals surface area contributed by atoms with Gasteiger partial charge in [0.1, 0.15) is 0 Å². The molecule has 0 radical (unpaired) electrons. The molecule has 0 fully saturated rings. The summed E-state index contributed by atoms with van der Waals surface area (Å²) in [6.07, 6.45) is 16.8. The zero-order valence-electron chi connectivity index (χ0n) is 16.5. The molecule has 0 heterocycles. The van der Waals surface area contributed by atoms with Crippen molar-refractivity contribution in [3.05, 3.63) is 11.6 Å². The molecular weight excluding hydrogens is 325 g/mol. The van der Waals surface area contributed by atoms with Crippen LogP contribution in [0.5, 0.6) is 0 Å². The first-order chi connectivity index (χ1) is 10.7. The van der Waals surface area contributed by atoms with Gasteiger partial charge in [-0.3, -0.25) is 0 Å². The molecule has 0 amide bonds. The van der Waals surface area contributed by atoms with Gasteiger partial charge in [-0.15, -0.1) is 0 Å². The van der Waals surface area contributed by atoms with E-state index < -0.39 is 13.3 Å². The van der Waals surface area contributed by atoms with Gasteiger partial charge in [-0.05, 0) is 0 Å². The van der Waals surface area contributed by atoms with Crippen LogP contribution in [0.2, 0.25) is 21.0 Å². The summed E-state index contributed by atoms with van der Waals surface area (Å²) < 4.78 is 0. The van der Waals surface area contributed by atoms with E-state index in [1.807, 2.05) is 5.57 Å². The Morgan fingerprint density at radius 1 is 0.636 bits per heavy atom. The number of allylic oxidation sites excluding steroid dienone is 2. The molecule has 0 N–H and O–H groups in total. The van der Waals surface area contributed by atoms with Gasteiger partial charge in [-0.2, -0.15) is 0 Å². The Bertz CT molecular complexity index is 241. The van der Waals surface area contributed by atoms with Gasteiger partial charge >= 0.3 is 145 Å². The Labute approximate surface area is 144 Å². The predicted molar refractivity (Wildman–Crippen MR) is 108 cm³/mol. The fourth-order valence-electron chi connectivity index (χ4n) is 3.43. The summed E-state index contributed by atoms with van der Waals surface area (Å²) in [7, 11) is 0. The summed E-state index contributed by atoms with van der Waals surface area (Å²) in [6, 6.07) is 0. The predicted octanol–water partition coefficient (Wildman–Crippen LogP) is 8.36. The Balaban J connectivity index is 4.48. The second-order valence-corrected chi connectivity index (χ2v) is 18.8. The standard InChI is InChI=1S/C21H44Ge/c1-6-11-13-15-17-21(18-16-14-12-7-2)19-20-22(8-3,9-4)10-5/h19H,6-18,20H2,1-5H3. The van der Waals surface area contributed by atoms with Gasteiger partial charge in [0.05, 0.1) is 0 Å². The molecule has 0 spiro atoms. The third kappa shape index (κ3) is 10.1. The molecule has 0 aromatic heterocycles. The van der Waals surface area contributed by atoms with Crippen molar-refractivity contribution in [3.8, 4) is 0 Å². The maximum absolute atomic E-state index is 2.73.